The third-order valence-corrected chi connectivity index (χ3v) is 8.93. The normalized spacial score (nSPS) is 20.9. The molecule has 3 aromatic rings. The number of anilines is 1. The first-order valence-corrected chi connectivity index (χ1v) is 14.4. The number of nitrogens with zero attached hydrogens (tertiary/aromatic N) is 3. The number of amidine groups is 1. The molecule has 0 aromatic heterocycles. The van der Waals surface area contributed by atoms with Crippen LogP contribution < -0.4 is 4.90 Å². The molecule has 0 spiro atoms. The van der Waals surface area contributed by atoms with Crippen molar-refractivity contribution in [2.45, 2.75) is 51.5 Å². The number of fused-ring (bicyclic) bond motifs is 1. The molecule has 2 aliphatic rings. The number of aliphatic imine (C=N–C) groups is 1. The summed E-state index contributed by atoms with van der Waals surface area (Å²) in [6, 6.07) is 24.4. The molecule has 38 heavy (non-hydrogen) atoms. The molecular weight excluding hydrogens is 510 g/mol. The zero-order valence-electron chi connectivity index (χ0n) is 22.4. The van der Waals surface area contributed by atoms with E-state index in [0.29, 0.717) is 27.6 Å². The van der Waals surface area contributed by atoms with E-state index in [-0.39, 0.29) is 11.4 Å². The second kappa shape index (κ2) is 11.0. The smallest absolute Gasteiger partial charge is 0.266 e. The number of para-hydroxylation sites is 1. The Labute approximate surface area is 235 Å². The van der Waals surface area contributed by atoms with Crippen molar-refractivity contribution in [3.8, 4) is 0 Å². The van der Waals surface area contributed by atoms with Gasteiger partial charge in [0.1, 0.15) is 0 Å². The first kappa shape index (κ1) is 26.6. The molecule has 1 unspecified atom stereocenters. The summed E-state index contributed by atoms with van der Waals surface area (Å²) in [6.07, 6.45) is 4.77. The second-order valence-electron chi connectivity index (χ2n) is 10.8. The molecule has 5 rings (SSSR count). The lowest BCUT2D eigenvalue weighted by Crippen LogP contribution is -2.45. The maximum Gasteiger partial charge on any atom is 0.266 e. The minimum atomic E-state index is -0.0159. The Hall–Kier alpha value is -3.02. The molecule has 1 fully saturated rings. The van der Waals surface area contributed by atoms with E-state index >= 15 is 0 Å². The predicted molar refractivity (Wildman–Crippen MR) is 163 cm³/mol. The van der Waals surface area contributed by atoms with Crippen LogP contribution in [0.2, 0.25) is 5.02 Å². The number of rotatable bonds is 6. The number of amides is 1. The fraction of sp³-hybridized carbons (Fsp3) is 0.312. The predicted octanol–water partition coefficient (Wildman–Crippen LogP) is 8.30. The van der Waals surface area contributed by atoms with Crippen LogP contribution >= 0.6 is 23.4 Å². The Bertz CT molecular complexity index is 1380. The number of carbonyl (C=O) groups excluding carboxylic acids is 1. The van der Waals surface area contributed by atoms with Crippen molar-refractivity contribution in [2.75, 3.05) is 18.5 Å². The lowest BCUT2D eigenvalue weighted by Gasteiger charge is -2.45. The van der Waals surface area contributed by atoms with E-state index in [1.807, 2.05) is 47.4 Å². The molecule has 1 saturated heterocycles. The van der Waals surface area contributed by atoms with E-state index in [9.17, 15) is 4.79 Å². The first-order valence-electron chi connectivity index (χ1n) is 13.2. The van der Waals surface area contributed by atoms with Gasteiger partial charge in [0.15, 0.2) is 5.17 Å². The van der Waals surface area contributed by atoms with Crippen LogP contribution in [-0.4, -0.2) is 35.1 Å². The third-order valence-electron chi connectivity index (χ3n) is 7.60. The molecule has 0 saturated carbocycles. The number of hydrogen-bond donors (Lipinski definition) is 0. The lowest BCUT2D eigenvalue weighted by molar-refractivity contribution is -0.122. The SMILES string of the molecule is CC1CC(C)(C)N(C)c2cc(Cl)c(/C=C3/SC(=Nc4ccccc4)N(CCCc4ccccc4)C3=O)cc21. The summed E-state index contributed by atoms with van der Waals surface area (Å²) in [5.74, 6) is 0.389. The van der Waals surface area contributed by atoms with E-state index in [4.69, 9.17) is 16.6 Å². The van der Waals surface area contributed by atoms with Crippen molar-refractivity contribution in [3.63, 3.8) is 0 Å². The molecule has 196 valence electrons. The molecular formula is C32H34ClN3OS. The molecule has 0 radical (unpaired) electrons. The molecule has 2 aliphatic heterocycles. The quantitative estimate of drug-likeness (QED) is 0.293. The van der Waals surface area contributed by atoms with Gasteiger partial charge < -0.3 is 4.90 Å². The number of benzene rings is 3. The fourth-order valence-corrected chi connectivity index (χ4v) is 6.57. The van der Waals surface area contributed by atoms with Crippen molar-refractivity contribution in [1.82, 2.24) is 4.90 Å². The highest BCUT2D eigenvalue weighted by atomic mass is 35.5. The van der Waals surface area contributed by atoms with Gasteiger partial charge in [0.2, 0.25) is 0 Å². The van der Waals surface area contributed by atoms with E-state index in [1.165, 1.54) is 28.6 Å². The fourth-order valence-electron chi connectivity index (χ4n) is 5.34. The highest BCUT2D eigenvalue weighted by molar-refractivity contribution is 8.18. The minimum Gasteiger partial charge on any atom is -0.369 e. The monoisotopic (exact) mass is 543 g/mol. The Morgan fingerprint density at radius 1 is 1.08 bits per heavy atom. The molecule has 1 atom stereocenters. The van der Waals surface area contributed by atoms with Gasteiger partial charge in [-0.3, -0.25) is 9.69 Å². The molecule has 2 heterocycles. The second-order valence-corrected chi connectivity index (χ2v) is 12.2. The summed E-state index contributed by atoms with van der Waals surface area (Å²) in [6.45, 7) is 7.42. The summed E-state index contributed by atoms with van der Waals surface area (Å²) in [5, 5.41) is 1.37. The molecule has 3 aromatic carbocycles. The zero-order valence-corrected chi connectivity index (χ0v) is 24.0. The van der Waals surface area contributed by atoms with E-state index in [2.05, 4.69) is 69.1 Å². The average Bonchev–Trinajstić information content (AvgIpc) is 3.18. The van der Waals surface area contributed by atoms with Crippen molar-refractivity contribution >= 4 is 51.9 Å². The topological polar surface area (TPSA) is 35.9 Å². The molecule has 0 bridgehead atoms. The molecule has 0 N–H and O–H groups in total. The Morgan fingerprint density at radius 3 is 2.47 bits per heavy atom. The van der Waals surface area contributed by atoms with Crippen LogP contribution in [0.5, 0.6) is 0 Å². The van der Waals surface area contributed by atoms with E-state index < -0.39 is 0 Å². The summed E-state index contributed by atoms with van der Waals surface area (Å²) < 4.78 is 0. The lowest BCUT2D eigenvalue weighted by atomic mass is 9.80. The van der Waals surface area contributed by atoms with Gasteiger partial charge in [-0.05, 0) is 97.8 Å². The summed E-state index contributed by atoms with van der Waals surface area (Å²) >= 11 is 8.24. The van der Waals surface area contributed by atoms with Crippen molar-refractivity contribution in [2.24, 2.45) is 4.99 Å². The van der Waals surface area contributed by atoms with Crippen LogP contribution in [0, 0.1) is 0 Å². The third kappa shape index (κ3) is 5.55. The minimum absolute atomic E-state index is 0.0159. The molecule has 0 aliphatic carbocycles. The first-order chi connectivity index (χ1) is 18.2. The highest BCUT2D eigenvalue weighted by Gasteiger charge is 2.36. The van der Waals surface area contributed by atoms with Crippen molar-refractivity contribution in [3.05, 3.63) is 99.4 Å². The Kier molecular flexibility index (Phi) is 7.69. The van der Waals surface area contributed by atoms with Gasteiger partial charge in [-0.2, -0.15) is 0 Å². The van der Waals surface area contributed by atoms with Crippen molar-refractivity contribution in [1.29, 1.82) is 0 Å². The van der Waals surface area contributed by atoms with Gasteiger partial charge >= 0.3 is 0 Å². The number of carbonyl (C=O) groups is 1. The van der Waals surface area contributed by atoms with Crippen LogP contribution in [0.4, 0.5) is 11.4 Å². The summed E-state index contributed by atoms with van der Waals surface area (Å²) in [7, 11) is 2.13. The van der Waals surface area contributed by atoms with Crippen LogP contribution in [0.1, 0.15) is 56.2 Å². The van der Waals surface area contributed by atoms with Crippen LogP contribution in [-0.2, 0) is 11.2 Å². The Balaban J connectivity index is 1.45. The average molecular weight is 544 g/mol. The van der Waals surface area contributed by atoms with Crippen molar-refractivity contribution < 1.29 is 4.79 Å². The summed E-state index contributed by atoms with van der Waals surface area (Å²) in [5.41, 5.74) is 5.49. The highest BCUT2D eigenvalue weighted by Crippen LogP contribution is 2.45. The van der Waals surface area contributed by atoms with Gasteiger partial charge in [-0.25, -0.2) is 4.99 Å². The van der Waals surface area contributed by atoms with Gasteiger partial charge in [0.05, 0.1) is 10.6 Å². The van der Waals surface area contributed by atoms with E-state index in [1.54, 1.807) is 0 Å². The Morgan fingerprint density at radius 2 is 1.76 bits per heavy atom. The van der Waals surface area contributed by atoms with Gasteiger partial charge in [0, 0.05) is 29.8 Å². The zero-order chi connectivity index (χ0) is 26.9. The largest absolute Gasteiger partial charge is 0.369 e. The molecule has 4 nitrogen and oxygen atoms in total. The molecule has 1 amide bonds. The number of thioether (sulfide) groups is 1. The van der Waals surface area contributed by atoms with Gasteiger partial charge in [-0.1, -0.05) is 67.1 Å². The maximum absolute atomic E-state index is 13.7. The standard InChI is InChI=1S/C32H34ClN3OS/c1-22-21-32(2,3)35(4)28-20-27(33)24(18-26(22)28)19-29-30(37)36(17-11-14-23-12-7-5-8-13-23)31(38-29)34-25-15-9-6-10-16-25/h5-10,12-13,15-16,18-20,22H,11,14,17,21H2,1-4H3/b29-19+,34-31?. The summed E-state index contributed by atoms with van der Waals surface area (Å²) in [4.78, 5) is 23.3. The number of hydrogen-bond acceptors (Lipinski definition) is 4. The van der Waals surface area contributed by atoms with Gasteiger partial charge in [0.25, 0.3) is 5.91 Å². The van der Waals surface area contributed by atoms with Crippen LogP contribution in [0.25, 0.3) is 6.08 Å². The van der Waals surface area contributed by atoms with Crippen LogP contribution in [0.3, 0.4) is 0 Å². The van der Waals surface area contributed by atoms with E-state index in [0.717, 1.165) is 30.5 Å². The van der Waals surface area contributed by atoms with Gasteiger partial charge in [-0.15, -0.1) is 0 Å². The van der Waals surface area contributed by atoms with Crippen LogP contribution in [0.15, 0.2) is 82.7 Å². The number of halogens is 1. The maximum atomic E-state index is 13.7. The molecule has 6 heteroatoms. The number of aryl methyl sites for hydroxylation is 1.